The first-order valence-corrected chi connectivity index (χ1v) is 10.2. The number of benzene rings is 1. The van der Waals surface area contributed by atoms with Crippen LogP contribution in [-0.4, -0.2) is 67.4 Å². The van der Waals surface area contributed by atoms with Gasteiger partial charge in [0.2, 0.25) is 0 Å². The normalized spacial score (nSPS) is 18.5. The number of rotatable bonds is 7. The molecule has 0 aromatic heterocycles. The maximum Gasteiger partial charge on any atom is 0.194 e. The fourth-order valence-corrected chi connectivity index (χ4v) is 4.14. The van der Waals surface area contributed by atoms with E-state index < -0.39 is 6.10 Å². The molecule has 0 bridgehead atoms. The fraction of sp³-hybridized carbons (Fsp3) is 0.632. The number of nitrogens with one attached hydrogen (secondary N) is 1. The lowest BCUT2D eigenvalue weighted by Crippen LogP contribution is -2.48. The van der Waals surface area contributed by atoms with Crippen LogP contribution in [0.3, 0.4) is 0 Å². The predicted octanol–water partition coefficient (Wildman–Crippen LogP) is 3.15. The molecular weight excluding hydrogens is 477 g/mol. The smallest absolute Gasteiger partial charge is 0.194 e. The lowest BCUT2D eigenvalue weighted by molar-refractivity contribution is 0.181. The maximum absolute atomic E-state index is 10.7. The van der Waals surface area contributed by atoms with Crippen LogP contribution in [0.5, 0.6) is 11.5 Å². The molecule has 1 heterocycles. The van der Waals surface area contributed by atoms with Gasteiger partial charge in [-0.15, -0.1) is 24.0 Å². The Kier molecular flexibility index (Phi) is 11.2. The van der Waals surface area contributed by atoms with Crippen molar-refractivity contribution in [3.8, 4) is 11.5 Å². The third-order valence-electron chi connectivity index (χ3n) is 4.44. The van der Waals surface area contributed by atoms with Gasteiger partial charge in [-0.1, -0.05) is 6.92 Å². The van der Waals surface area contributed by atoms with Crippen LogP contribution in [0, 0.1) is 0 Å². The second kappa shape index (κ2) is 12.6. The Morgan fingerprint density at radius 1 is 1.37 bits per heavy atom. The van der Waals surface area contributed by atoms with Gasteiger partial charge < -0.3 is 24.8 Å². The van der Waals surface area contributed by atoms with Crippen molar-refractivity contribution < 1.29 is 14.6 Å². The highest BCUT2D eigenvalue weighted by Gasteiger charge is 2.22. The molecule has 2 N–H and O–H groups in total. The van der Waals surface area contributed by atoms with E-state index in [1.165, 1.54) is 0 Å². The Labute approximate surface area is 184 Å². The van der Waals surface area contributed by atoms with E-state index in [4.69, 9.17) is 9.47 Å². The van der Waals surface area contributed by atoms with E-state index in [1.807, 2.05) is 17.8 Å². The number of aliphatic hydroxyl groups is 1. The van der Waals surface area contributed by atoms with E-state index >= 15 is 0 Å². The summed E-state index contributed by atoms with van der Waals surface area (Å²) in [6, 6.07) is 5.43. The third-order valence-corrected chi connectivity index (χ3v) is 5.81. The first-order valence-electron chi connectivity index (χ1n) is 9.17. The number of hydrogen-bond donors (Lipinski definition) is 2. The summed E-state index contributed by atoms with van der Waals surface area (Å²) < 4.78 is 10.6. The van der Waals surface area contributed by atoms with E-state index in [0.29, 0.717) is 22.3 Å². The zero-order chi connectivity index (χ0) is 18.9. The van der Waals surface area contributed by atoms with Crippen molar-refractivity contribution in [2.24, 2.45) is 4.99 Å². The van der Waals surface area contributed by atoms with Gasteiger partial charge in [0.15, 0.2) is 5.96 Å². The Balaban J connectivity index is 0.00000364. The quantitative estimate of drug-likeness (QED) is 0.335. The van der Waals surface area contributed by atoms with Gasteiger partial charge in [-0.25, -0.2) is 0 Å². The Morgan fingerprint density at radius 3 is 2.78 bits per heavy atom. The average Bonchev–Trinajstić information content (AvgIpc) is 2.70. The van der Waals surface area contributed by atoms with Crippen LogP contribution in [0.1, 0.15) is 31.9 Å². The van der Waals surface area contributed by atoms with Crippen molar-refractivity contribution in [1.82, 2.24) is 10.2 Å². The van der Waals surface area contributed by atoms with Gasteiger partial charge in [0, 0.05) is 36.2 Å². The minimum absolute atomic E-state index is 0. The van der Waals surface area contributed by atoms with Crippen molar-refractivity contribution in [3.63, 3.8) is 0 Å². The summed E-state index contributed by atoms with van der Waals surface area (Å²) in [4.78, 5) is 6.98. The minimum atomic E-state index is -0.755. The highest BCUT2D eigenvalue weighted by Crippen LogP contribution is 2.29. The van der Waals surface area contributed by atoms with Crippen LogP contribution in [0.25, 0.3) is 0 Å². The predicted molar refractivity (Wildman–Crippen MR) is 124 cm³/mol. The molecule has 0 aliphatic carbocycles. The molecule has 27 heavy (non-hydrogen) atoms. The zero-order valence-electron chi connectivity index (χ0n) is 16.6. The molecule has 6 nitrogen and oxygen atoms in total. The third kappa shape index (κ3) is 6.90. The van der Waals surface area contributed by atoms with Crippen LogP contribution in [0.4, 0.5) is 0 Å². The van der Waals surface area contributed by atoms with Crippen LogP contribution < -0.4 is 14.8 Å². The molecule has 0 saturated carbocycles. The number of nitrogens with zero attached hydrogens (tertiary/aromatic N) is 2. The summed E-state index contributed by atoms with van der Waals surface area (Å²) >= 11 is 2.03. The lowest BCUT2D eigenvalue weighted by atomic mass is 10.1. The van der Waals surface area contributed by atoms with Crippen LogP contribution in [-0.2, 0) is 0 Å². The molecule has 1 aliphatic heterocycles. The monoisotopic (exact) mass is 509 g/mol. The number of ether oxygens (including phenoxy) is 2. The van der Waals surface area contributed by atoms with Gasteiger partial charge >= 0.3 is 0 Å². The molecule has 1 aliphatic rings. The summed E-state index contributed by atoms with van der Waals surface area (Å²) in [5.41, 5.74) is 0.687. The van der Waals surface area contributed by atoms with E-state index in [0.717, 1.165) is 37.8 Å². The number of methoxy groups -OCH3 is 2. The van der Waals surface area contributed by atoms with Gasteiger partial charge in [-0.3, -0.25) is 4.99 Å². The van der Waals surface area contributed by atoms with E-state index in [-0.39, 0.29) is 30.5 Å². The van der Waals surface area contributed by atoms with Crippen LogP contribution in [0.2, 0.25) is 0 Å². The Morgan fingerprint density at radius 2 is 2.15 bits per heavy atom. The van der Waals surface area contributed by atoms with Crippen molar-refractivity contribution in [1.29, 1.82) is 0 Å². The van der Waals surface area contributed by atoms with Crippen molar-refractivity contribution in [2.75, 3.05) is 46.2 Å². The molecule has 154 valence electrons. The first-order chi connectivity index (χ1) is 12.6. The minimum Gasteiger partial charge on any atom is -0.497 e. The van der Waals surface area contributed by atoms with E-state index in [1.54, 1.807) is 26.4 Å². The van der Waals surface area contributed by atoms with Crippen molar-refractivity contribution in [3.05, 3.63) is 23.8 Å². The van der Waals surface area contributed by atoms with Gasteiger partial charge in [0.05, 0.1) is 20.8 Å². The second-order valence-corrected chi connectivity index (χ2v) is 7.57. The van der Waals surface area contributed by atoms with Crippen LogP contribution in [0.15, 0.2) is 23.2 Å². The standard InChI is InChI=1S/C19H31N3O3S.HI/c1-5-15-13-22(9-10-26-15)19(20-6-2)21-12-17(23)16-11-14(24-3)7-8-18(16)25-4;/h7-8,11,15,17,23H,5-6,9-10,12-13H2,1-4H3,(H,20,21);1H. The number of thioether (sulfide) groups is 1. The number of halogens is 1. The summed E-state index contributed by atoms with van der Waals surface area (Å²) in [5, 5.41) is 14.7. The van der Waals surface area contributed by atoms with Crippen molar-refractivity contribution >= 4 is 41.7 Å². The number of guanidine groups is 1. The summed E-state index contributed by atoms with van der Waals surface area (Å²) in [6.45, 7) is 7.33. The molecule has 0 spiro atoms. The Bertz CT molecular complexity index is 604. The molecule has 0 amide bonds. The highest BCUT2D eigenvalue weighted by atomic mass is 127. The lowest BCUT2D eigenvalue weighted by Gasteiger charge is -2.34. The van der Waals surface area contributed by atoms with E-state index in [9.17, 15) is 5.11 Å². The van der Waals surface area contributed by atoms with Gasteiger partial charge in [-0.05, 0) is 31.5 Å². The summed E-state index contributed by atoms with van der Waals surface area (Å²) in [7, 11) is 3.21. The topological polar surface area (TPSA) is 66.3 Å². The summed E-state index contributed by atoms with van der Waals surface area (Å²) in [6.07, 6.45) is 0.402. The first kappa shape index (κ1) is 24.2. The molecule has 0 radical (unpaired) electrons. The summed E-state index contributed by atoms with van der Waals surface area (Å²) in [5.74, 6) is 3.30. The number of aliphatic imine (C=N–C) groups is 1. The maximum atomic E-state index is 10.7. The molecule has 1 saturated heterocycles. The van der Waals surface area contributed by atoms with Gasteiger partial charge in [-0.2, -0.15) is 11.8 Å². The molecule has 8 heteroatoms. The molecule has 2 atom stereocenters. The number of hydrogen-bond acceptors (Lipinski definition) is 5. The molecule has 2 rings (SSSR count). The molecule has 1 fully saturated rings. The molecule has 1 aromatic carbocycles. The molecule has 1 aromatic rings. The highest BCUT2D eigenvalue weighted by molar-refractivity contribution is 14.0. The van der Waals surface area contributed by atoms with Crippen LogP contribution >= 0.6 is 35.7 Å². The molecular formula is C19H32IN3O3S. The SMILES string of the molecule is CCNC(=NCC(O)c1cc(OC)ccc1OC)N1CCSC(CC)C1.I. The van der Waals surface area contributed by atoms with E-state index in [2.05, 4.69) is 29.1 Å². The number of aliphatic hydroxyl groups excluding tert-OH is 1. The fourth-order valence-electron chi connectivity index (χ4n) is 2.96. The largest absolute Gasteiger partial charge is 0.497 e. The van der Waals surface area contributed by atoms with Gasteiger partial charge in [0.25, 0.3) is 0 Å². The Hall–Kier alpha value is -0.870. The average molecular weight is 509 g/mol. The van der Waals surface area contributed by atoms with Gasteiger partial charge in [0.1, 0.15) is 17.6 Å². The zero-order valence-corrected chi connectivity index (χ0v) is 19.8. The molecule has 2 unspecified atom stereocenters. The second-order valence-electron chi connectivity index (χ2n) is 6.17. The van der Waals surface area contributed by atoms with Crippen molar-refractivity contribution in [2.45, 2.75) is 31.6 Å².